The van der Waals surface area contributed by atoms with Crippen molar-refractivity contribution in [2.45, 2.75) is 130 Å². The predicted octanol–water partition coefficient (Wildman–Crippen LogP) is 7.66. The maximum absolute atomic E-state index is 12.4. The smallest absolute Gasteiger partial charge is 0.146 e. The standard InChI is InChI=1S/C48H66N2O4/c1-45(2,3)31-19-27-17-28-20-32(46(4,5)6)25-37(42(28)52)40(50(15)16)38-26-34(48(10,11)12)22-30(44(38)54)18-29-21-33(47(7,8)9)24-36(43(29)53)39(49(13)14)35(23-31)41(27)51/h19-26,39-40,51-54H,17-18H2,1-16H3/p+2. The lowest BCUT2D eigenvalue weighted by atomic mass is 9.77. The molecule has 0 radical (unpaired) electrons. The number of phenols is 4. The number of benzene rings is 4. The summed E-state index contributed by atoms with van der Waals surface area (Å²) in [5.41, 5.74) is 9.16. The Morgan fingerprint density at radius 2 is 0.556 bits per heavy atom. The molecule has 0 heterocycles. The van der Waals surface area contributed by atoms with Crippen LogP contribution in [0.1, 0.15) is 162 Å². The number of quaternary nitrogens is 2. The van der Waals surface area contributed by atoms with Gasteiger partial charge in [-0.3, -0.25) is 0 Å². The maximum Gasteiger partial charge on any atom is 0.146 e. The lowest BCUT2D eigenvalue weighted by molar-refractivity contribution is -0.885. The second-order valence-electron chi connectivity index (χ2n) is 20.7. The molecule has 0 aromatic heterocycles. The molecule has 6 N–H and O–H groups in total. The Bertz CT molecular complexity index is 1780. The number of fused-ring (bicyclic) bond motifs is 8. The summed E-state index contributed by atoms with van der Waals surface area (Å²) in [6.45, 7) is 26.1. The predicted molar refractivity (Wildman–Crippen MR) is 222 cm³/mol. The Morgan fingerprint density at radius 3 is 0.704 bits per heavy atom. The molecule has 6 heteroatoms. The molecule has 8 bridgehead atoms. The first kappa shape index (κ1) is 41.2. The first-order chi connectivity index (χ1) is 24.6. The average molecular weight is 737 g/mol. The van der Waals surface area contributed by atoms with Crippen molar-refractivity contribution >= 4 is 0 Å². The van der Waals surface area contributed by atoms with Gasteiger partial charge in [-0.25, -0.2) is 0 Å². The molecule has 0 fully saturated rings. The van der Waals surface area contributed by atoms with Crippen LogP contribution in [0.3, 0.4) is 0 Å². The van der Waals surface area contributed by atoms with Gasteiger partial charge in [-0.2, -0.15) is 0 Å². The summed E-state index contributed by atoms with van der Waals surface area (Å²) in [6.07, 6.45) is 0.601. The largest absolute Gasteiger partial charge is 0.507 e. The van der Waals surface area contributed by atoms with Crippen molar-refractivity contribution in [1.29, 1.82) is 0 Å². The van der Waals surface area contributed by atoms with E-state index in [0.717, 1.165) is 76.6 Å². The van der Waals surface area contributed by atoms with Gasteiger partial charge in [0, 0.05) is 12.8 Å². The summed E-state index contributed by atoms with van der Waals surface area (Å²) < 4.78 is 0. The van der Waals surface area contributed by atoms with Gasteiger partial charge in [-0.05, 0) is 90.4 Å². The number of nitrogens with one attached hydrogen (secondary N) is 2. The monoisotopic (exact) mass is 737 g/mol. The molecule has 6 nitrogen and oxygen atoms in total. The van der Waals surface area contributed by atoms with Crippen molar-refractivity contribution < 1.29 is 30.2 Å². The molecule has 4 aromatic carbocycles. The highest BCUT2D eigenvalue weighted by atomic mass is 16.3. The van der Waals surface area contributed by atoms with Crippen LogP contribution in [0.5, 0.6) is 23.0 Å². The van der Waals surface area contributed by atoms with Crippen molar-refractivity contribution in [3.63, 3.8) is 0 Å². The molecule has 4 aromatic rings. The summed E-state index contributed by atoms with van der Waals surface area (Å²) in [5, 5.41) is 49.8. The van der Waals surface area contributed by atoms with Crippen LogP contribution in [0.15, 0.2) is 48.5 Å². The third kappa shape index (κ3) is 7.88. The number of phenolic OH excluding ortho intramolecular Hbond substituents is 4. The molecule has 1 aliphatic carbocycles. The van der Waals surface area contributed by atoms with E-state index in [1.807, 2.05) is 0 Å². The molecule has 0 saturated carbocycles. The van der Waals surface area contributed by atoms with Gasteiger partial charge in [0.1, 0.15) is 35.1 Å². The van der Waals surface area contributed by atoms with Gasteiger partial charge >= 0.3 is 0 Å². The molecular formula is C48H68N2O4+2. The third-order valence-corrected chi connectivity index (χ3v) is 11.5. The Morgan fingerprint density at radius 1 is 0.370 bits per heavy atom. The Balaban J connectivity index is 2.04. The van der Waals surface area contributed by atoms with Gasteiger partial charge < -0.3 is 30.2 Å². The van der Waals surface area contributed by atoms with Crippen molar-refractivity contribution in [2.24, 2.45) is 0 Å². The van der Waals surface area contributed by atoms with E-state index in [1.165, 1.54) is 0 Å². The van der Waals surface area contributed by atoms with Crippen molar-refractivity contribution in [3.8, 4) is 23.0 Å². The minimum absolute atomic E-state index is 0.179. The molecule has 5 rings (SSSR count). The molecule has 54 heavy (non-hydrogen) atoms. The zero-order valence-electron chi connectivity index (χ0n) is 36.0. The van der Waals surface area contributed by atoms with Crippen LogP contribution in [0.2, 0.25) is 0 Å². The second kappa shape index (κ2) is 13.9. The third-order valence-electron chi connectivity index (χ3n) is 11.5. The molecule has 0 unspecified atom stereocenters. The van der Waals surface area contributed by atoms with Crippen LogP contribution < -0.4 is 9.80 Å². The summed E-state index contributed by atoms with van der Waals surface area (Å²) in [6, 6.07) is 15.9. The summed E-state index contributed by atoms with van der Waals surface area (Å²) in [7, 11) is 8.26. The molecule has 0 atom stereocenters. The lowest BCUT2D eigenvalue weighted by Gasteiger charge is -2.32. The fourth-order valence-electron chi connectivity index (χ4n) is 8.02. The maximum atomic E-state index is 12.4. The Kier molecular flexibility index (Phi) is 10.6. The van der Waals surface area contributed by atoms with E-state index in [4.69, 9.17) is 0 Å². The van der Waals surface area contributed by atoms with Crippen molar-refractivity contribution in [3.05, 3.63) is 115 Å². The minimum Gasteiger partial charge on any atom is -0.507 e. The SMILES string of the molecule is C[NH+](C)C1c2cc(C(C)(C)C)cc(c2O)Cc2cc(C(C)(C)C)cc(c2O)C([NH+](C)C)c2cc(C(C)(C)C)cc(c2O)Cc2cc(C(C)(C)C)cc1c2O. The minimum atomic E-state index is -0.420. The quantitative estimate of drug-likeness (QED) is 0.128. The second-order valence-corrected chi connectivity index (χ2v) is 20.7. The summed E-state index contributed by atoms with van der Waals surface area (Å²) >= 11 is 0. The van der Waals surface area contributed by atoms with Crippen LogP contribution >= 0.6 is 0 Å². The van der Waals surface area contributed by atoms with Crippen LogP contribution in [-0.4, -0.2) is 48.6 Å². The van der Waals surface area contributed by atoms with Gasteiger partial charge in [0.2, 0.25) is 0 Å². The first-order valence-corrected chi connectivity index (χ1v) is 19.7. The zero-order chi connectivity index (χ0) is 40.6. The van der Waals surface area contributed by atoms with Crippen LogP contribution in [0, 0.1) is 0 Å². The Hall–Kier alpha value is -4.00. The van der Waals surface area contributed by atoms with E-state index < -0.39 is 12.1 Å². The van der Waals surface area contributed by atoms with E-state index in [0.29, 0.717) is 12.8 Å². The van der Waals surface area contributed by atoms with E-state index in [9.17, 15) is 20.4 Å². The summed E-state index contributed by atoms with van der Waals surface area (Å²) in [5.74, 6) is 0.715. The van der Waals surface area contributed by atoms with E-state index in [-0.39, 0.29) is 44.7 Å². The molecule has 0 amide bonds. The lowest BCUT2D eigenvalue weighted by Crippen LogP contribution is -3.06. The topological polar surface area (TPSA) is 89.8 Å². The highest BCUT2D eigenvalue weighted by Crippen LogP contribution is 2.46. The zero-order valence-corrected chi connectivity index (χ0v) is 36.0. The van der Waals surface area contributed by atoms with Crippen LogP contribution in [-0.2, 0) is 34.5 Å². The van der Waals surface area contributed by atoms with Gasteiger partial charge in [0.15, 0.2) is 0 Å². The van der Waals surface area contributed by atoms with E-state index >= 15 is 0 Å². The fourth-order valence-corrected chi connectivity index (χ4v) is 8.02. The van der Waals surface area contributed by atoms with Crippen molar-refractivity contribution in [2.75, 3.05) is 28.2 Å². The Labute approximate surface area is 325 Å². The van der Waals surface area contributed by atoms with Crippen LogP contribution in [0.4, 0.5) is 0 Å². The number of rotatable bonds is 2. The molecule has 1 aliphatic rings. The number of hydrogen-bond donors (Lipinski definition) is 6. The summed E-state index contributed by atoms with van der Waals surface area (Å²) in [4.78, 5) is 2.07. The normalized spacial score (nSPS) is 17.0. The molecular weight excluding hydrogens is 669 g/mol. The molecule has 0 spiro atoms. The molecule has 292 valence electrons. The number of aromatic hydroxyl groups is 4. The van der Waals surface area contributed by atoms with Gasteiger partial charge in [0.05, 0.1) is 50.4 Å². The highest BCUT2D eigenvalue weighted by Gasteiger charge is 2.36. The van der Waals surface area contributed by atoms with Crippen LogP contribution in [0.25, 0.3) is 0 Å². The van der Waals surface area contributed by atoms with Gasteiger partial charge in [-0.1, -0.05) is 107 Å². The average Bonchev–Trinajstić information content (AvgIpc) is 3.01. The van der Waals surface area contributed by atoms with E-state index in [1.54, 1.807) is 0 Å². The fraction of sp³-hybridized carbons (Fsp3) is 0.500. The first-order valence-electron chi connectivity index (χ1n) is 19.7. The van der Waals surface area contributed by atoms with Gasteiger partial charge in [0.25, 0.3) is 0 Å². The van der Waals surface area contributed by atoms with Crippen molar-refractivity contribution in [1.82, 2.24) is 0 Å². The van der Waals surface area contributed by atoms with Gasteiger partial charge in [-0.15, -0.1) is 0 Å². The highest BCUT2D eigenvalue weighted by molar-refractivity contribution is 5.60. The number of hydrogen-bond acceptors (Lipinski definition) is 4. The molecule has 0 saturated heterocycles. The van der Waals surface area contributed by atoms with E-state index in [2.05, 4.69) is 160 Å². The molecule has 0 aliphatic heterocycles.